The zero-order valence-corrected chi connectivity index (χ0v) is 15.8. The summed E-state index contributed by atoms with van der Waals surface area (Å²) in [5, 5.41) is 0.561. The summed E-state index contributed by atoms with van der Waals surface area (Å²) in [6.45, 7) is 1.25. The molecule has 1 aliphatic heterocycles. The molecule has 4 heteroatoms. The highest BCUT2D eigenvalue weighted by molar-refractivity contribution is 5.82. The molecule has 4 aromatic rings. The van der Waals surface area contributed by atoms with E-state index < -0.39 is 0 Å². The first-order chi connectivity index (χ1) is 14.3. The fraction of sp³-hybridized carbons (Fsp3) is 0.160. The summed E-state index contributed by atoms with van der Waals surface area (Å²) in [7, 11) is 0. The van der Waals surface area contributed by atoms with Crippen LogP contribution in [0.4, 0.5) is 0 Å². The van der Waals surface area contributed by atoms with Gasteiger partial charge in [0.05, 0.1) is 12.0 Å². The molecule has 0 bridgehead atoms. The van der Waals surface area contributed by atoms with Gasteiger partial charge in [0.1, 0.15) is 29.8 Å². The zero-order chi connectivity index (χ0) is 19.6. The highest BCUT2D eigenvalue weighted by atomic mass is 16.6. The zero-order valence-electron chi connectivity index (χ0n) is 15.8. The fourth-order valence-electron chi connectivity index (χ4n) is 3.44. The molecule has 29 heavy (non-hydrogen) atoms. The number of fused-ring (bicyclic) bond motifs is 1. The fourth-order valence-corrected chi connectivity index (χ4v) is 3.44. The van der Waals surface area contributed by atoms with Crippen LogP contribution >= 0.6 is 0 Å². The summed E-state index contributed by atoms with van der Waals surface area (Å²) in [5.74, 6) is 1.28. The number of ether oxygens (including phenoxy) is 2. The summed E-state index contributed by atoms with van der Waals surface area (Å²) < 4.78 is 17.2. The van der Waals surface area contributed by atoms with Gasteiger partial charge in [0.25, 0.3) is 0 Å². The second kappa shape index (κ2) is 7.57. The number of epoxide rings is 1. The van der Waals surface area contributed by atoms with Crippen molar-refractivity contribution in [1.82, 2.24) is 0 Å². The largest absolute Gasteiger partial charge is 0.491 e. The van der Waals surface area contributed by atoms with E-state index in [1.54, 1.807) is 12.1 Å². The molecule has 1 aromatic heterocycles. The maximum Gasteiger partial charge on any atom is 0.196 e. The Labute approximate surface area is 168 Å². The molecule has 0 spiro atoms. The van der Waals surface area contributed by atoms with Crippen molar-refractivity contribution in [3.8, 4) is 17.1 Å². The van der Waals surface area contributed by atoms with E-state index in [0.29, 0.717) is 41.1 Å². The molecule has 1 saturated heterocycles. The second-order valence-corrected chi connectivity index (χ2v) is 7.19. The molecule has 0 radical (unpaired) electrons. The predicted octanol–water partition coefficient (Wildman–Crippen LogP) is 4.83. The van der Waals surface area contributed by atoms with E-state index in [1.165, 1.54) is 0 Å². The SMILES string of the molecule is O=c1c(Cc2ccccc2)c(-c2ccccc2)oc2cc(OCC3CO3)ccc12. The van der Waals surface area contributed by atoms with E-state index in [0.717, 1.165) is 17.7 Å². The van der Waals surface area contributed by atoms with E-state index in [9.17, 15) is 4.79 Å². The Bertz CT molecular complexity index is 1190. The van der Waals surface area contributed by atoms with Crippen molar-refractivity contribution in [2.45, 2.75) is 12.5 Å². The van der Waals surface area contributed by atoms with Crippen molar-refractivity contribution in [2.24, 2.45) is 0 Å². The van der Waals surface area contributed by atoms with Crippen LogP contribution in [0.15, 0.2) is 88.1 Å². The Morgan fingerprint density at radius 3 is 2.38 bits per heavy atom. The van der Waals surface area contributed by atoms with Gasteiger partial charge in [0.15, 0.2) is 5.43 Å². The lowest BCUT2D eigenvalue weighted by Gasteiger charge is -2.12. The average Bonchev–Trinajstić information content (AvgIpc) is 3.60. The molecule has 2 heterocycles. The molecule has 4 nitrogen and oxygen atoms in total. The van der Waals surface area contributed by atoms with Crippen LogP contribution in [-0.2, 0) is 11.2 Å². The summed E-state index contributed by atoms with van der Waals surface area (Å²) in [5.41, 5.74) is 3.14. The smallest absolute Gasteiger partial charge is 0.196 e. The van der Waals surface area contributed by atoms with Crippen molar-refractivity contribution in [3.63, 3.8) is 0 Å². The minimum absolute atomic E-state index is 0.00830. The lowest BCUT2D eigenvalue weighted by Crippen LogP contribution is -2.12. The van der Waals surface area contributed by atoms with Crippen LogP contribution < -0.4 is 10.2 Å². The molecule has 3 aromatic carbocycles. The number of hydrogen-bond acceptors (Lipinski definition) is 4. The Morgan fingerprint density at radius 1 is 0.931 bits per heavy atom. The van der Waals surface area contributed by atoms with Gasteiger partial charge in [-0.25, -0.2) is 0 Å². The Morgan fingerprint density at radius 2 is 1.66 bits per heavy atom. The Kier molecular flexibility index (Phi) is 4.62. The van der Waals surface area contributed by atoms with Crippen molar-refractivity contribution in [1.29, 1.82) is 0 Å². The third-order valence-electron chi connectivity index (χ3n) is 5.06. The maximum absolute atomic E-state index is 13.4. The molecule has 1 fully saturated rings. The van der Waals surface area contributed by atoms with Gasteiger partial charge in [-0.3, -0.25) is 4.79 Å². The van der Waals surface area contributed by atoms with Crippen LogP contribution in [0, 0.1) is 0 Å². The molecular weight excluding hydrogens is 364 g/mol. The molecule has 5 rings (SSSR count). The molecule has 0 aliphatic carbocycles. The van der Waals surface area contributed by atoms with E-state index >= 15 is 0 Å². The van der Waals surface area contributed by atoms with Crippen LogP contribution in [0.3, 0.4) is 0 Å². The van der Waals surface area contributed by atoms with Crippen LogP contribution in [0.2, 0.25) is 0 Å². The predicted molar refractivity (Wildman–Crippen MR) is 112 cm³/mol. The first kappa shape index (κ1) is 17.7. The monoisotopic (exact) mass is 384 g/mol. The number of rotatable bonds is 6. The topological polar surface area (TPSA) is 52.0 Å². The molecule has 1 unspecified atom stereocenters. The van der Waals surface area contributed by atoms with Crippen LogP contribution in [0.25, 0.3) is 22.3 Å². The molecule has 0 amide bonds. The summed E-state index contributed by atoms with van der Waals surface area (Å²) in [6, 6.07) is 25.1. The van der Waals surface area contributed by atoms with Gasteiger partial charge in [0, 0.05) is 23.6 Å². The Balaban J connectivity index is 1.63. The third-order valence-corrected chi connectivity index (χ3v) is 5.06. The van der Waals surface area contributed by atoms with Crippen LogP contribution in [0.5, 0.6) is 5.75 Å². The van der Waals surface area contributed by atoms with E-state index in [4.69, 9.17) is 13.9 Å². The lowest BCUT2D eigenvalue weighted by atomic mass is 9.98. The normalized spacial score (nSPS) is 15.4. The molecule has 144 valence electrons. The molecule has 1 atom stereocenters. The van der Waals surface area contributed by atoms with Gasteiger partial charge in [0.2, 0.25) is 0 Å². The first-order valence-electron chi connectivity index (χ1n) is 9.71. The quantitative estimate of drug-likeness (QED) is 0.447. The lowest BCUT2D eigenvalue weighted by molar-refractivity contribution is 0.263. The van der Waals surface area contributed by atoms with E-state index in [1.807, 2.05) is 66.7 Å². The van der Waals surface area contributed by atoms with Gasteiger partial charge in [-0.1, -0.05) is 60.7 Å². The second-order valence-electron chi connectivity index (χ2n) is 7.19. The molecule has 0 saturated carbocycles. The highest BCUT2D eigenvalue weighted by Crippen LogP contribution is 2.29. The van der Waals surface area contributed by atoms with Gasteiger partial charge in [-0.15, -0.1) is 0 Å². The standard InChI is InChI=1S/C25H20O4/c26-24-21-12-11-19(27-15-20-16-28-20)14-23(21)29-25(18-9-5-2-6-10-18)22(24)13-17-7-3-1-4-8-17/h1-12,14,20H,13,15-16H2. The third kappa shape index (κ3) is 3.80. The van der Waals surface area contributed by atoms with Crippen molar-refractivity contribution >= 4 is 11.0 Å². The minimum atomic E-state index is -0.00830. The highest BCUT2D eigenvalue weighted by Gasteiger charge is 2.23. The molecule has 0 N–H and O–H groups in total. The number of benzene rings is 3. The van der Waals surface area contributed by atoms with E-state index in [2.05, 4.69) is 0 Å². The summed E-state index contributed by atoms with van der Waals surface area (Å²) >= 11 is 0. The van der Waals surface area contributed by atoms with Crippen molar-refractivity contribution in [2.75, 3.05) is 13.2 Å². The van der Waals surface area contributed by atoms with E-state index in [-0.39, 0.29) is 11.5 Å². The summed E-state index contributed by atoms with van der Waals surface area (Å²) in [6.07, 6.45) is 0.687. The van der Waals surface area contributed by atoms with Crippen molar-refractivity contribution in [3.05, 3.63) is 100 Å². The van der Waals surface area contributed by atoms with Gasteiger partial charge < -0.3 is 13.9 Å². The maximum atomic E-state index is 13.4. The van der Waals surface area contributed by atoms with Crippen molar-refractivity contribution < 1.29 is 13.9 Å². The van der Waals surface area contributed by atoms with Gasteiger partial charge >= 0.3 is 0 Å². The summed E-state index contributed by atoms with van der Waals surface area (Å²) in [4.78, 5) is 13.4. The van der Waals surface area contributed by atoms with Crippen LogP contribution in [0.1, 0.15) is 11.1 Å². The minimum Gasteiger partial charge on any atom is -0.491 e. The molecule has 1 aliphatic rings. The van der Waals surface area contributed by atoms with Crippen LogP contribution in [-0.4, -0.2) is 19.3 Å². The Hall–Kier alpha value is -3.37. The first-order valence-corrected chi connectivity index (χ1v) is 9.71. The van der Waals surface area contributed by atoms with Gasteiger partial charge in [-0.05, 0) is 17.7 Å². The molecular formula is C25H20O4. The van der Waals surface area contributed by atoms with Gasteiger partial charge in [-0.2, -0.15) is 0 Å². The number of hydrogen-bond donors (Lipinski definition) is 0. The average molecular weight is 384 g/mol.